The predicted molar refractivity (Wildman–Crippen MR) is 136 cm³/mol. The van der Waals surface area contributed by atoms with E-state index in [0.29, 0.717) is 53.7 Å². The molecule has 0 saturated carbocycles. The summed E-state index contributed by atoms with van der Waals surface area (Å²) < 4.78 is 23.0. The van der Waals surface area contributed by atoms with Gasteiger partial charge in [-0.15, -0.1) is 6.58 Å². The normalized spacial score (nSPS) is 14.6. The van der Waals surface area contributed by atoms with Crippen LogP contribution in [0, 0.1) is 6.92 Å². The molecule has 2 aromatic rings. The van der Waals surface area contributed by atoms with Gasteiger partial charge in [-0.2, -0.15) is 0 Å². The van der Waals surface area contributed by atoms with Crippen molar-refractivity contribution < 1.29 is 23.7 Å². The highest BCUT2D eigenvalue weighted by molar-refractivity contribution is 8.26. The van der Waals surface area contributed by atoms with Crippen LogP contribution < -0.4 is 14.2 Å². The number of hydrogen-bond acceptors (Lipinski definition) is 7. The molecular formula is C25H27NO5S2. The molecule has 1 aliphatic heterocycles. The van der Waals surface area contributed by atoms with Crippen molar-refractivity contribution in [3.63, 3.8) is 0 Å². The minimum Gasteiger partial charge on any atom is -0.493 e. The molecule has 1 amide bonds. The number of nitrogens with zero attached hydrogens (tertiary/aromatic N) is 1. The van der Waals surface area contributed by atoms with Gasteiger partial charge in [0.1, 0.15) is 23.3 Å². The van der Waals surface area contributed by atoms with E-state index >= 15 is 0 Å². The summed E-state index contributed by atoms with van der Waals surface area (Å²) in [4.78, 5) is 14.6. The van der Waals surface area contributed by atoms with Gasteiger partial charge in [0.15, 0.2) is 11.5 Å². The highest BCUT2D eigenvalue weighted by Gasteiger charge is 2.31. The van der Waals surface area contributed by atoms with Crippen molar-refractivity contribution in [3.8, 4) is 17.2 Å². The van der Waals surface area contributed by atoms with Crippen LogP contribution in [0.5, 0.6) is 17.2 Å². The first-order valence-corrected chi connectivity index (χ1v) is 11.7. The maximum absolute atomic E-state index is 12.5. The van der Waals surface area contributed by atoms with Crippen LogP contribution in [-0.4, -0.2) is 55.2 Å². The molecule has 0 bridgehead atoms. The number of amides is 1. The molecule has 1 fully saturated rings. The Bertz CT molecular complexity index is 1020. The molecule has 174 valence electrons. The van der Waals surface area contributed by atoms with Crippen molar-refractivity contribution in [1.82, 2.24) is 4.90 Å². The van der Waals surface area contributed by atoms with Crippen LogP contribution in [0.4, 0.5) is 0 Å². The Labute approximate surface area is 204 Å². The molecule has 0 unspecified atom stereocenters. The van der Waals surface area contributed by atoms with Crippen LogP contribution in [0.1, 0.15) is 11.1 Å². The number of ether oxygens (including phenoxy) is 4. The fourth-order valence-corrected chi connectivity index (χ4v) is 4.27. The summed E-state index contributed by atoms with van der Waals surface area (Å²) in [5.74, 6) is 1.89. The molecule has 0 atom stereocenters. The average molecular weight is 486 g/mol. The van der Waals surface area contributed by atoms with Gasteiger partial charge in [-0.25, -0.2) is 0 Å². The molecule has 1 heterocycles. The van der Waals surface area contributed by atoms with Gasteiger partial charge >= 0.3 is 0 Å². The lowest BCUT2D eigenvalue weighted by Crippen LogP contribution is -2.27. The van der Waals surface area contributed by atoms with Crippen molar-refractivity contribution >= 4 is 40.3 Å². The van der Waals surface area contributed by atoms with Gasteiger partial charge in [-0.3, -0.25) is 9.69 Å². The molecule has 2 aromatic carbocycles. The van der Waals surface area contributed by atoms with Gasteiger partial charge in [-0.05, 0) is 42.8 Å². The SMILES string of the molecule is C=CCN1C(=O)C(=Cc2ccc(OCCOCCOc3ccc(C)cc3)c(OC)c2)SC1=S. The van der Waals surface area contributed by atoms with Crippen LogP contribution in [0.15, 0.2) is 60.0 Å². The molecule has 6 nitrogen and oxygen atoms in total. The minimum atomic E-state index is -0.118. The fraction of sp³-hybridized carbons (Fsp3) is 0.280. The van der Waals surface area contributed by atoms with Gasteiger partial charge in [-0.1, -0.05) is 53.8 Å². The van der Waals surface area contributed by atoms with Crippen molar-refractivity contribution in [3.05, 3.63) is 71.2 Å². The summed E-state index contributed by atoms with van der Waals surface area (Å²) in [5, 5.41) is 0. The third-order valence-electron chi connectivity index (χ3n) is 4.67. The number of thiocarbonyl (C=S) groups is 1. The second-order valence-corrected chi connectivity index (χ2v) is 8.79. The van der Waals surface area contributed by atoms with E-state index in [1.54, 1.807) is 19.3 Å². The molecule has 33 heavy (non-hydrogen) atoms. The molecule has 0 aliphatic carbocycles. The van der Waals surface area contributed by atoms with Crippen LogP contribution >= 0.6 is 24.0 Å². The highest BCUT2D eigenvalue weighted by Crippen LogP contribution is 2.34. The Morgan fingerprint density at radius 3 is 2.45 bits per heavy atom. The zero-order chi connectivity index (χ0) is 23.6. The predicted octanol–water partition coefficient (Wildman–Crippen LogP) is 4.87. The summed E-state index contributed by atoms with van der Waals surface area (Å²) in [7, 11) is 1.58. The first-order chi connectivity index (χ1) is 16.0. The number of hydrogen-bond donors (Lipinski definition) is 0. The second kappa shape index (κ2) is 12.4. The summed E-state index contributed by atoms with van der Waals surface area (Å²) >= 11 is 6.55. The Morgan fingerprint density at radius 2 is 1.76 bits per heavy atom. The molecule has 8 heteroatoms. The molecule has 1 saturated heterocycles. The number of aryl methyl sites for hydroxylation is 1. The average Bonchev–Trinajstić information content (AvgIpc) is 3.07. The van der Waals surface area contributed by atoms with Gasteiger partial charge in [0.05, 0.1) is 25.2 Å². The molecule has 0 spiro atoms. The molecule has 0 aromatic heterocycles. The van der Waals surface area contributed by atoms with Gasteiger partial charge in [0, 0.05) is 6.54 Å². The Hall–Kier alpha value is -2.81. The summed E-state index contributed by atoms with van der Waals surface area (Å²) in [6, 6.07) is 13.4. The molecule has 1 aliphatic rings. The van der Waals surface area contributed by atoms with Crippen molar-refractivity contribution in [2.24, 2.45) is 0 Å². The lowest BCUT2D eigenvalue weighted by Gasteiger charge is -2.12. The topological polar surface area (TPSA) is 57.2 Å². The van der Waals surface area contributed by atoms with Gasteiger partial charge in [0.2, 0.25) is 0 Å². The van der Waals surface area contributed by atoms with Crippen LogP contribution in [0.25, 0.3) is 6.08 Å². The number of benzene rings is 2. The van der Waals surface area contributed by atoms with Crippen molar-refractivity contribution in [2.45, 2.75) is 6.92 Å². The lowest BCUT2D eigenvalue weighted by atomic mass is 10.2. The summed E-state index contributed by atoms with van der Waals surface area (Å²) in [5.41, 5.74) is 2.02. The Balaban J connectivity index is 1.46. The third-order valence-corrected chi connectivity index (χ3v) is 6.05. The lowest BCUT2D eigenvalue weighted by molar-refractivity contribution is -0.121. The Morgan fingerprint density at radius 1 is 1.03 bits per heavy atom. The first-order valence-electron chi connectivity index (χ1n) is 10.5. The largest absolute Gasteiger partial charge is 0.493 e. The third kappa shape index (κ3) is 7.08. The fourth-order valence-electron chi connectivity index (χ4n) is 3.00. The zero-order valence-corrected chi connectivity index (χ0v) is 20.4. The van der Waals surface area contributed by atoms with Crippen molar-refractivity contribution in [2.75, 3.05) is 40.1 Å². The van der Waals surface area contributed by atoms with E-state index in [-0.39, 0.29) is 5.91 Å². The zero-order valence-electron chi connectivity index (χ0n) is 18.7. The molecule has 3 rings (SSSR count). The maximum atomic E-state index is 12.5. The number of carbonyl (C=O) groups excluding carboxylic acids is 1. The van der Waals surface area contributed by atoms with E-state index in [2.05, 4.69) is 6.58 Å². The van der Waals surface area contributed by atoms with Crippen molar-refractivity contribution in [1.29, 1.82) is 0 Å². The smallest absolute Gasteiger partial charge is 0.266 e. The van der Waals surface area contributed by atoms with E-state index in [0.717, 1.165) is 11.3 Å². The standard InChI is InChI=1S/C25H27NO5S2/c1-4-11-26-24(27)23(33-25(26)32)17-19-7-10-21(22(16-19)28-3)31-15-13-29-12-14-30-20-8-5-18(2)6-9-20/h4-10,16-17H,1,11-15H2,2-3H3. The van der Waals surface area contributed by atoms with E-state index in [1.165, 1.54) is 22.2 Å². The number of carbonyl (C=O) groups is 1. The molecule has 0 N–H and O–H groups in total. The molecule has 0 radical (unpaired) electrons. The summed E-state index contributed by atoms with van der Waals surface area (Å²) in [6.07, 6.45) is 3.45. The maximum Gasteiger partial charge on any atom is 0.266 e. The van der Waals surface area contributed by atoms with Gasteiger partial charge < -0.3 is 18.9 Å². The van der Waals surface area contributed by atoms with Crippen LogP contribution in [0.2, 0.25) is 0 Å². The van der Waals surface area contributed by atoms with E-state index in [9.17, 15) is 4.79 Å². The number of methoxy groups -OCH3 is 1. The van der Waals surface area contributed by atoms with Gasteiger partial charge in [0.25, 0.3) is 5.91 Å². The number of rotatable bonds is 12. The first kappa shape index (κ1) is 24.8. The highest BCUT2D eigenvalue weighted by atomic mass is 32.2. The van der Waals surface area contributed by atoms with Crippen LogP contribution in [-0.2, 0) is 9.53 Å². The van der Waals surface area contributed by atoms with E-state index in [1.807, 2.05) is 49.4 Å². The second-order valence-electron chi connectivity index (χ2n) is 7.11. The number of thioether (sulfide) groups is 1. The monoisotopic (exact) mass is 485 g/mol. The van der Waals surface area contributed by atoms with Crippen LogP contribution in [0.3, 0.4) is 0 Å². The molecular weight excluding hydrogens is 458 g/mol. The Kier molecular flexibility index (Phi) is 9.35. The summed E-state index contributed by atoms with van der Waals surface area (Å²) in [6.45, 7) is 7.85. The van der Waals surface area contributed by atoms with E-state index < -0.39 is 0 Å². The quantitative estimate of drug-likeness (QED) is 0.184. The minimum absolute atomic E-state index is 0.118. The van der Waals surface area contributed by atoms with E-state index in [4.69, 9.17) is 31.2 Å².